The molecule has 0 fully saturated rings. The maximum Gasteiger partial charge on any atom is 0.246 e. The van der Waals surface area contributed by atoms with Gasteiger partial charge in [0.15, 0.2) is 0 Å². The van der Waals surface area contributed by atoms with Gasteiger partial charge in [-0.05, 0) is 67.5 Å². The molecule has 2 amide bonds. The van der Waals surface area contributed by atoms with Gasteiger partial charge >= 0.3 is 0 Å². The second-order valence-electron chi connectivity index (χ2n) is 11.6. The SMILES string of the molecule is CN(C(=O)/C=C/CC(C)(C)N)C(Cc1ccc2ccccc2c1)C(=O)N(C)C(Cc1ccccc1)C(O)CCCO. The number of nitrogens with zero attached hydrogens (tertiary/aromatic N) is 2. The molecular formula is C34H45N3O4. The van der Waals surface area contributed by atoms with E-state index < -0.39 is 23.7 Å². The molecule has 3 aromatic carbocycles. The zero-order valence-electron chi connectivity index (χ0n) is 24.7. The summed E-state index contributed by atoms with van der Waals surface area (Å²) in [5.41, 5.74) is 7.55. The first-order valence-electron chi connectivity index (χ1n) is 14.3. The molecule has 7 heteroatoms. The molecule has 0 aliphatic heterocycles. The van der Waals surface area contributed by atoms with E-state index in [4.69, 9.17) is 5.73 Å². The molecular weight excluding hydrogens is 514 g/mol. The molecule has 0 spiro atoms. The number of fused-ring (bicyclic) bond motifs is 1. The van der Waals surface area contributed by atoms with Crippen molar-refractivity contribution in [3.8, 4) is 0 Å². The molecule has 3 aromatic rings. The van der Waals surface area contributed by atoms with Gasteiger partial charge in [-0.2, -0.15) is 0 Å². The Morgan fingerprint density at radius 2 is 1.56 bits per heavy atom. The average Bonchev–Trinajstić information content (AvgIpc) is 2.96. The molecule has 3 rings (SSSR count). The molecule has 220 valence electrons. The van der Waals surface area contributed by atoms with Crippen LogP contribution in [0.15, 0.2) is 84.9 Å². The summed E-state index contributed by atoms with van der Waals surface area (Å²) >= 11 is 0. The third-order valence-corrected chi connectivity index (χ3v) is 7.48. The highest BCUT2D eigenvalue weighted by molar-refractivity contribution is 5.93. The summed E-state index contributed by atoms with van der Waals surface area (Å²) in [7, 11) is 3.34. The van der Waals surface area contributed by atoms with E-state index in [0.29, 0.717) is 32.1 Å². The molecule has 0 bridgehead atoms. The maximum atomic E-state index is 14.2. The summed E-state index contributed by atoms with van der Waals surface area (Å²) in [6, 6.07) is 22.5. The van der Waals surface area contributed by atoms with Crippen molar-refractivity contribution in [1.82, 2.24) is 9.80 Å². The second kappa shape index (κ2) is 14.9. The van der Waals surface area contributed by atoms with Crippen molar-refractivity contribution in [2.75, 3.05) is 20.7 Å². The lowest BCUT2D eigenvalue weighted by molar-refractivity contribution is -0.144. The van der Waals surface area contributed by atoms with E-state index in [9.17, 15) is 19.8 Å². The molecule has 0 aliphatic carbocycles. The zero-order chi connectivity index (χ0) is 30.0. The predicted molar refractivity (Wildman–Crippen MR) is 165 cm³/mol. The summed E-state index contributed by atoms with van der Waals surface area (Å²) in [5.74, 6) is -0.548. The molecule has 4 N–H and O–H groups in total. The minimum atomic E-state index is -0.842. The molecule has 0 aliphatic rings. The van der Waals surface area contributed by atoms with Crippen molar-refractivity contribution in [3.63, 3.8) is 0 Å². The highest BCUT2D eigenvalue weighted by Gasteiger charge is 2.34. The Morgan fingerprint density at radius 3 is 2.22 bits per heavy atom. The summed E-state index contributed by atoms with van der Waals surface area (Å²) in [5, 5.41) is 22.7. The van der Waals surface area contributed by atoms with Gasteiger partial charge in [0, 0.05) is 32.7 Å². The Balaban J connectivity index is 1.94. The van der Waals surface area contributed by atoms with E-state index in [0.717, 1.165) is 21.9 Å². The third-order valence-electron chi connectivity index (χ3n) is 7.48. The lowest BCUT2D eigenvalue weighted by Crippen LogP contribution is -2.54. The number of carbonyl (C=O) groups excluding carboxylic acids is 2. The van der Waals surface area contributed by atoms with Crippen LogP contribution in [0, 0.1) is 0 Å². The fourth-order valence-electron chi connectivity index (χ4n) is 4.99. The van der Waals surface area contributed by atoms with Crippen molar-refractivity contribution in [2.45, 2.75) is 69.7 Å². The molecule has 3 atom stereocenters. The molecule has 0 aromatic heterocycles. The number of aliphatic hydroxyl groups is 2. The monoisotopic (exact) mass is 559 g/mol. The molecule has 0 heterocycles. The van der Waals surface area contributed by atoms with Crippen LogP contribution in [0.3, 0.4) is 0 Å². The van der Waals surface area contributed by atoms with Crippen molar-refractivity contribution in [3.05, 3.63) is 96.1 Å². The highest BCUT2D eigenvalue weighted by atomic mass is 16.3. The Hall–Kier alpha value is -3.52. The number of hydrogen-bond acceptors (Lipinski definition) is 5. The fraction of sp³-hybridized carbons (Fsp3) is 0.412. The summed E-state index contributed by atoms with van der Waals surface area (Å²) in [4.78, 5) is 30.6. The second-order valence-corrected chi connectivity index (χ2v) is 11.6. The van der Waals surface area contributed by atoms with Gasteiger partial charge < -0.3 is 25.7 Å². The van der Waals surface area contributed by atoms with Crippen LogP contribution in [0.2, 0.25) is 0 Å². The van der Waals surface area contributed by atoms with E-state index in [2.05, 4.69) is 6.07 Å². The fourth-order valence-corrected chi connectivity index (χ4v) is 4.99. The van der Waals surface area contributed by atoms with Gasteiger partial charge in [-0.3, -0.25) is 9.59 Å². The first-order valence-corrected chi connectivity index (χ1v) is 14.3. The zero-order valence-corrected chi connectivity index (χ0v) is 24.7. The minimum absolute atomic E-state index is 0.0411. The standard InChI is InChI=1S/C34H45N3O4/c1-34(2,35)20-10-17-32(40)36(3)30(24-26-18-19-27-14-8-9-15-28(27)22-26)33(41)37(4)29(31(39)16-11-21-38)23-25-12-6-5-7-13-25/h5-10,12-15,17-19,22,29-31,38-39H,11,16,20-21,23-24,35H2,1-4H3/b17-10+. The number of amides is 2. The Bertz CT molecular complexity index is 1300. The highest BCUT2D eigenvalue weighted by Crippen LogP contribution is 2.21. The smallest absolute Gasteiger partial charge is 0.246 e. The van der Waals surface area contributed by atoms with Crippen LogP contribution in [-0.4, -0.2) is 76.3 Å². The van der Waals surface area contributed by atoms with Crippen LogP contribution in [0.1, 0.15) is 44.2 Å². The first kappa shape index (κ1) is 32.0. The van der Waals surface area contributed by atoms with E-state index >= 15 is 0 Å². The molecule has 41 heavy (non-hydrogen) atoms. The third kappa shape index (κ3) is 9.52. The molecule has 0 radical (unpaired) electrons. The first-order chi connectivity index (χ1) is 19.5. The number of hydrogen-bond donors (Lipinski definition) is 3. The number of likely N-dealkylation sites (N-methyl/N-ethyl adjacent to an activating group) is 2. The van der Waals surface area contributed by atoms with E-state index in [-0.39, 0.29) is 18.4 Å². The van der Waals surface area contributed by atoms with Crippen LogP contribution < -0.4 is 5.73 Å². The molecule has 3 unspecified atom stereocenters. The van der Waals surface area contributed by atoms with Gasteiger partial charge in [0.25, 0.3) is 0 Å². The maximum absolute atomic E-state index is 14.2. The molecule has 7 nitrogen and oxygen atoms in total. The van der Waals surface area contributed by atoms with Gasteiger partial charge in [-0.15, -0.1) is 0 Å². The number of nitrogens with two attached hydrogens (primary N) is 1. The van der Waals surface area contributed by atoms with Gasteiger partial charge in [-0.1, -0.05) is 78.9 Å². The van der Waals surface area contributed by atoms with Crippen molar-refractivity contribution < 1.29 is 19.8 Å². The summed E-state index contributed by atoms with van der Waals surface area (Å²) < 4.78 is 0. The van der Waals surface area contributed by atoms with Gasteiger partial charge in [0.1, 0.15) is 6.04 Å². The summed E-state index contributed by atoms with van der Waals surface area (Å²) in [6.07, 6.45) is 4.45. The van der Waals surface area contributed by atoms with Gasteiger partial charge in [0.05, 0.1) is 12.1 Å². The predicted octanol–water partition coefficient (Wildman–Crippen LogP) is 4.10. The van der Waals surface area contributed by atoms with E-state index in [1.54, 1.807) is 25.1 Å². The number of aliphatic hydroxyl groups excluding tert-OH is 2. The van der Waals surface area contributed by atoms with E-state index in [1.165, 1.54) is 11.0 Å². The quantitative estimate of drug-likeness (QED) is 0.258. The summed E-state index contributed by atoms with van der Waals surface area (Å²) in [6.45, 7) is 3.74. The van der Waals surface area contributed by atoms with Crippen LogP contribution in [-0.2, 0) is 22.4 Å². The lowest BCUT2D eigenvalue weighted by atomic mass is 9.95. The minimum Gasteiger partial charge on any atom is -0.396 e. The van der Waals surface area contributed by atoms with Crippen molar-refractivity contribution >= 4 is 22.6 Å². The molecule has 0 saturated heterocycles. The number of carbonyl (C=O) groups is 2. The average molecular weight is 560 g/mol. The van der Waals surface area contributed by atoms with Crippen molar-refractivity contribution in [2.24, 2.45) is 5.73 Å². The van der Waals surface area contributed by atoms with Crippen LogP contribution in [0.5, 0.6) is 0 Å². The number of rotatable bonds is 14. The van der Waals surface area contributed by atoms with Gasteiger partial charge in [-0.25, -0.2) is 0 Å². The topological polar surface area (TPSA) is 107 Å². The lowest BCUT2D eigenvalue weighted by Gasteiger charge is -2.37. The largest absolute Gasteiger partial charge is 0.396 e. The number of benzene rings is 3. The normalized spacial score (nSPS) is 14.1. The molecule has 0 saturated carbocycles. The Labute approximate surface area is 244 Å². The van der Waals surface area contributed by atoms with E-state index in [1.807, 2.05) is 80.6 Å². The Kier molecular flexibility index (Phi) is 11.6. The van der Waals surface area contributed by atoms with Crippen LogP contribution in [0.25, 0.3) is 10.8 Å². The van der Waals surface area contributed by atoms with Crippen LogP contribution >= 0.6 is 0 Å². The Morgan fingerprint density at radius 1 is 0.902 bits per heavy atom. The van der Waals surface area contributed by atoms with Crippen molar-refractivity contribution in [1.29, 1.82) is 0 Å². The van der Waals surface area contributed by atoms with Gasteiger partial charge in [0.2, 0.25) is 11.8 Å². The van der Waals surface area contributed by atoms with Crippen LogP contribution in [0.4, 0.5) is 0 Å².